The minimum Gasteiger partial charge on any atom is -0.306 e. The summed E-state index contributed by atoms with van der Waals surface area (Å²) < 4.78 is 4.28. The van der Waals surface area contributed by atoms with Gasteiger partial charge in [0.05, 0.1) is 35.5 Å². The molecule has 0 radical (unpaired) electrons. The number of hydrogen-bond acceptors (Lipinski definition) is 5. The molecule has 1 aromatic carbocycles. The van der Waals surface area contributed by atoms with Crippen molar-refractivity contribution in [2.45, 2.75) is 33.2 Å². The molecule has 1 aliphatic rings. The molecule has 0 saturated carbocycles. The summed E-state index contributed by atoms with van der Waals surface area (Å²) in [7, 11) is 2.21. The van der Waals surface area contributed by atoms with Crippen LogP contribution in [0.15, 0.2) is 49.1 Å². The van der Waals surface area contributed by atoms with Gasteiger partial charge in [-0.15, -0.1) is 0 Å². The van der Waals surface area contributed by atoms with Gasteiger partial charge in [-0.2, -0.15) is 5.10 Å². The number of imidazole rings is 1. The fourth-order valence-corrected chi connectivity index (χ4v) is 4.82. The van der Waals surface area contributed by atoms with Crippen LogP contribution in [0.3, 0.4) is 0 Å². The Morgan fingerprint density at radius 1 is 1.03 bits per heavy atom. The van der Waals surface area contributed by atoms with Gasteiger partial charge in [0.2, 0.25) is 0 Å². The predicted octanol–water partition coefficient (Wildman–Crippen LogP) is 3.33. The average molecular weight is 444 g/mol. The molecule has 7 heteroatoms. The summed E-state index contributed by atoms with van der Waals surface area (Å²) in [5.74, 6) is 0. The van der Waals surface area contributed by atoms with Gasteiger partial charge in [0, 0.05) is 56.2 Å². The van der Waals surface area contributed by atoms with Crippen LogP contribution in [0.5, 0.6) is 0 Å². The van der Waals surface area contributed by atoms with Crippen LogP contribution < -0.4 is 0 Å². The monoisotopic (exact) mass is 443 g/mol. The average Bonchev–Trinajstić information content (AvgIpc) is 3.48. The summed E-state index contributed by atoms with van der Waals surface area (Å²) >= 11 is 0. The molecule has 0 atom stereocenters. The number of pyridine rings is 1. The standard InChI is InChI=1S/C26H33N7/c1-4-23-25-24(32-13-11-27-19-32)9-8-21(10-12-31-16-14-30(3)15-17-31)26(25)33(29-23)18-22-7-5-6-20(2)28-22/h5-9,11,13,19H,4,10,12,14-18H2,1-3H3. The van der Waals surface area contributed by atoms with Gasteiger partial charge in [-0.05, 0) is 50.6 Å². The number of rotatable bonds is 7. The second-order valence-corrected chi connectivity index (χ2v) is 9.06. The Labute approximate surface area is 195 Å². The normalized spacial score (nSPS) is 15.5. The van der Waals surface area contributed by atoms with Crippen LogP contribution in [0.25, 0.3) is 16.6 Å². The fourth-order valence-electron chi connectivity index (χ4n) is 4.82. The highest BCUT2D eigenvalue weighted by molar-refractivity contribution is 5.93. The fraction of sp³-hybridized carbons (Fsp3) is 0.423. The zero-order valence-electron chi connectivity index (χ0n) is 19.9. The second-order valence-electron chi connectivity index (χ2n) is 9.06. The molecule has 5 rings (SSSR count). The Balaban J connectivity index is 1.57. The maximum atomic E-state index is 5.09. The lowest BCUT2D eigenvalue weighted by Crippen LogP contribution is -2.45. The molecule has 33 heavy (non-hydrogen) atoms. The van der Waals surface area contributed by atoms with Crippen molar-refractivity contribution in [2.24, 2.45) is 0 Å². The Hall–Kier alpha value is -3.03. The van der Waals surface area contributed by atoms with Gasteiger partial charge in [-0.3, -0.25) is 9.67 Å². The SMILES string of the molecule is CCc1nn(Cc2cccc(C)n2)c2c(CCN3CCN(C)CC3)ccc(-n3ccnc3)c12. The number of nitrogens with zero attached hydrogens (tertiary/aromatic N) is 7. The van der Waals surface area contributed by atoms with Crippen molar-refractivity contribution in [3.63, 3.8) is 0 Å². The van der Waals surface area contributed by atoms with Gasteiger partial charge in [0.1, 0.15) is 0 Å². The van der Waals surface area contributed by atoms with Crippen molar-refractivity contribution < 1.29 is 0 Å². The molecule has 4 aromatic rings. The number of likely N-dealkylation sites (N-methyl/N-ethyl adjacent to an activating group) is 1. The molecule has 172 valence electrons. The van der Waals surface area contributed by atoms with Crippen molar-refractivity contribution >= 4 is 10.9 Å². The molecule has 0 N–H and O–H groups in total. The van der Waals surface area contributed by atoms with Crippen molar-refractivity contribution in [3.05, 3.63) is 71.7 Å². The largest absolute Gasteiger partial charge is 0.306 e. The number of hydrogen-bond donors (Lipinski definition) is 0. The van der Waals surface area contributed by atoms with Crippen LogP contribution in [0, 0.1) is 6.92 Å². The van der Waals surface area contributed by atoms with Gasteiger partial charge in [-0.1, -0.05) is 19.1 Å². The molecule has 3 aromatic heterocycles. The zero-order chi connectivity index (χ0) is 22.8. The van der Waals surface area contributed by atoms with Gasteiger partial charge < -0.3 is 14.4 Å². The molecule has 0 spiro atoms. The highest BCUT2D eigenvalue weighted by Gasteiger charge is 2.20. The van der Waals surface area contributed by atoms with Crippen LogP contribution in [-0.2, 0) is 19.4 Å². The summed E-state index contributed by atoms with van der Waals surface area (Å²) in [5, 5.41) is 6.33. The van der Waals surface area contributed by atoms with Crippen molar-refractivity contribution in [1.82, 2.24) is 34.1 Å². The van der Waals surface area contributed by atoms with E-state index in [1.54, 1.807) is 0 Å². The highest BCUT2D eigenvalue weighted by atomic mass is 15.3. The van der Waals surface area contributed by atoms with E-state index in [0.29, 0.717) is 6.54 Å². The molecule has 0 unspecified atom stereocenters. The third-order valence-electron chi connectivity index (χ3n) is 6.70. The van der Waals surface area contributed by atoms with Gasteiger partial charge >= 0.3 is 0 Å². The van der Waals surface area contributed by atoms with E-state index in [-0.39, 0.29) is 0 Å². The molecule has 7 nitrogen and oxygen atoms in total. The number of benzene rings is 1. The van der Waals surface area contributed by atoms with E-state index < -0.39 is 0 Å². The summed E-state index contributed by atoms with van der Waals surface area (Å²) in [6, 6.07) is 10.7. The van der Waals surface area contributed by atoms with E-state index in [2.05, 4.69) is 62.3 Å². The quantitative estimate of drug-likeness (QED) is 0.439. The maximum absolute atomic E-state index is 5.09. The number of fused-ring (bicyclic) bond motifs is 1. The van der Waals surface area contributed by atoms with Crippen LogP contribution in [0.1, 0.15) is 29.6 Å². The van der Waals surface area contributed by atoms with Gasteiger partial charge in [0.15, 0.2) is 0 Å². The van der Waals surface area contributed by atoms with E-state index in [4.69, 9.17) is 10.1 Å². The first-order chi connectivity index (χ1) is 16.1. The van der Waals surface area contributed by atoms with E-state index in [1.165, 1.54) is 16.5 Å². The molecular weight excluding hydrogens is 410 g/mol. The Kier molecular flexibility index (Phi) is 6.24. The third-order valence-corrected chi connectivity index (χ3v) is 6.70. The Morgan fingerprint density at radius 3 is 2.61 bits per heavy atom. The van der Waals surface area contributed by atoms with Crippen molar-refractivity contribution in [3.8, 4) is 5.69 Å². The molecule has 1 aliphatic heterocycles. The van der Waals surface area contributed by atoms with Crippen LogP contribution in [0.2, 0.25) is 0 Å². The molecule has 0 bridgehead atoms. The third kappa shape index (κ3) is 4.56. The number of aromatic nitrogens is 5. The summed E-state index contributed by atoms with van der Waals surface area (Å²) in [5.41, 5.74) is 6.94. The predicted molar refractivity (Wildman–Crippen MR) is 132 cm³/mol. The maximum Gasteiger partial charge on any atom is 0.0991 e. The number of aryl methyl sites for hydroxylation is 2. The van der Waals surface area contributed by atoms with Crippen LogP contribution in [-0.4, -0.2) is 73.9 Å². The number of piperazine rings is 1. The summed E-state index contributed by atoms with van der Waals surface area (Å²) in [6.45, 7) is 10.5. The van der Waals surface area contributed by atoms with E-state index >= 15 is 0 Å². The Bertz CT molecular complexity index is 1220. The lowest BCUT2D eigenvalue weighted by atomic mass is 10.0. The summed E-state index contributed by atoms with van der Waals surface area (Å²) in [6.07, 6.45) is 7.61. The highest BCUT2D eigenvalue weighted by Crippen LogP contribution is 2.30. The van der Waals surface area contributed by atoms with Crippen molar-refractivity contribution in [2.75, 3.05) is 39.8 Å². The van der Waals surface area contributed by atoms with Gasteiger partial charge in [0.25, 0.3) is 0 Å². The lowest BCUT2D eigenvalue weighted by molar-refractivity contribution is 0.155. The van der Waals surface area contributed by atoms with E-state index in [0.717, 1.165) is 68.3 Å². The first-order valence-corrected chi connectivity index (χ1v) is 12.0. The lowest BCUT2D eigenvalue weighted by Gasteiger charge is -2.32. The van der Waals surface area contributed by atoms with Crippen molar-refractivity contribution in [1.29, 1.82) is 0 Å². The molecular formula is C26H33N7. The topological polar surface area (TPSA) is 55.0 Å². The first kappa shape index (κ1) is 21.8. The van der Waals surface area contributed by atoms with Crippen LogP contribution >= 0.6 is 0 Å². The summed E-state index contributed by atoms with van der Waals surface area (Å²) in [4.78, 5) is 14.0. The molecule has 0 amide bonds. The molecule has 1 fully saturated rings. The smallest absolute Gasteiger partial charge is 0.0991 e. The Morgan fingerprint density at radius 2 is 1.88 bits per heavy atom. The van der Waals surface area contributed by atoms with Gasteiger partial charge in [-0.25, -0.2) is 4.98 Å². The first-order valence-electron chi connectivity index (χ1n) is 12.0. The molecule has 4 heterocycles. The minimum atomic E-state index is 0.674. The second kappa shape index (κ2) is 9.45. The van der Waals surface area contributed by atoms with E-state index in [1.807, 2.05) is 31.7 Å². The van der Waals surface area contributed by atoms with E-state index in [9.17, 15) is 0 Å². The minimum absolute atomic E-state index is 0.674. The van der Waals surface area contributed by atoms with Crippen LogP contribution in [0.4, 0.5) is 0 Å². The molecule has 1 saturated heterocycles. The molecule has 0 aliphatic carbocycles. The zero-order valence-corrected chi connectivity index (χ0v) is 19.9.